The quantitative estimate of drug-likeness (QED) is 0.0212. The number of rotatable bonds is 61. The van der Waals surface area contributed by atoms with Gasteiger partial charge in [0, 0.05) is 12.8 Å². The van der Waals surface area contributed by atoms with Gasteiger partial charge in [-0.1, -0.05) is 273 Å². The van der Waals surface area contributed by atoms with Crippen LogP contribution in [0.5, 0.6) is 0 Å². The van der Waals surface area contributed by atoms with Crippen LogP contribution in [0.4, 0.5) is 0 Å². The SMILES string of the molecule is CCCCC/C=C\C/C=C\C/C=C\C/C=C\CCCC(=O)OC(/C=C\CCCCCCCCCCC)C(COP(=O)([O-])OCC[N+](C)(C)C)NC(=O)CCCCCCCCCCCCCCCCCCC/C=C\C/C=C\CCCCC. The monoisotopic (exact) mass is 1150 g/mol. The van der Waals surface area contributed by atoms with Gasteiger partial charge in [-0.15, -0.1) is 0 Å². The van der Waals surface area contributed by atoms with E-state index in [4.69, 9.17) is 13.8 Å². The van der Waals surface area contributed by atoms with Crippen molar-refractivity contribution in [2.75, 3.05) is 40.9 Å². The predicted octanol–water partition coefficient (Wildman–Crippen LogP) is 20.7. The average Bonchev–Trinajstić information content (AvgIpc) is 3.43. The topological polar surface area (TPSA) is 114 Å². The molecule has 0 radical (unpaired) electrons. The number of carbonyl (C=O) groups excluding carboxylic acids is 2. The molecule has 0 aliphatic carbocycles. The minimum Gasteiger partial charge on any atom is -0.756 e. The molecule has 0 rings (SSSR count). The lowest BCUT2D eigenvalue weighted by atomic mass is 10.0. The number of amides is 1. The van der Waals surface area contributed by atoms with E-state index in [0.29, 0.717) is 23.9 Å². The van der Waals surface area contributed by atoms with Crippen LogP contribution in [0.1, 0.15) is 303 Å². The van der Waals surface area contributed by atoms with Crippen molar-refractivity contribution in [3.8, 4) is 0 Å². The van der Waals surface area contributed by atoms with Crippen LogP contribution in [0.15, 0.2) is 85.1 Å². The number of unbranched alkanes of at least 4 members (excludes halogenated alkanes) is 33. The fourth-order valence-electron chi connectivity index (χ4n) is 9.55. The first-order valence-electron chi connectivity index (χ1n) is 33.9. The summed E-state index contributed by atoms with van der Waals surface area (Å²) in [5.41, 5.74) is 0. The maximum absolute atomic E-state index is 13.6. The second-order valence-electron chi connectivity index (χ2n) is 24.0. The number of phosphoric ester groups is 1. The molecule has 3 unspecified atom stereocenters. The van der Waals surface area contributed by atoms with Crippen molar-refractivity contribution in [2.24, 2.45) is 0 Å². The molecule has 0 bridgehead atoms. The standard InChI is InChI=1S/C71H129N2O7P/c1-7-10-13-16-19-22-25-27-29-31-32-33-34-35-36-37-38-39-40-42-43-45-48-51-54-57-60-63-70(74)72-68(67-79-81(76,77)78-66-65-73(4,5)6)69(62-59-56-53-50-47-24-21-18-15-12-9-3)80-71(75)64-61-58-55-52-49-46-44-41-30-28-26-23-20-17-14-11-8-2/h19-20,22-23,27-30,44,46,52,55,59,62,68-69H,7-18,21,24-26,31-43,45,47-51,53-54,56-58,60-61,63-67H2,1-6H3,(H-,72,74,76,77)/b22-19-,23-20-,29-27-,30-28-,46-44-,55-52-,62-59-. The maximum Gasteiger partial charge on any atom is 0.306 e. The van der Waals surface area contributed by atoms with Crippen LogP contribution in [0.25, 0.3) is 0 Å². The van der Waals surface area contributed by atoms with Crippen molar-refractivity contribution in [3.63, 3.8) is 0 Å². The van der Waals surface area contributed by atoms with Crippen molar-refractivity contribution >= 4 is 19.7 Å². The van der Waals surface area contributed by atoms with E-state index < -0.39 is 32.5 Å². The minimum absolute atomic E-state index is 0.0326. The van der Waals surface area contributed by atoms with Crippen LogP contribution in [-0.4, -0.2) is 69.4 Å². The molecule has 0 aromatic heterocycles. The molecule has 9 nitrogen and oxygen atoms in total. The predicted molar refractivity (Wildman–Crippen MR) is 348 cm³/mol. The molecule has 0 saturated carbocycles. The van der Waals surface area contributed by atoms with Gasteiger partial charge < -0.3 is 28.5 Å². The molecule has 0 aromatic rings. The van der Waals surface area contributed by atoms with Crippen molar-refractivity contribution in [1.82, 2.24) is 5.32 Å². The van der Waals surface area contributed by atoms with Gasteiger partial charge in [0.2, 0.25) is 5.91 Å². The maximum atomic E-state index is 13.6. The van der Waals surface area contributed by atoms with E-state index in [2.05, 4.69) is 99.0 Å². The first kappa shape index (κ1) is 78.2. The Labute approximate surface area is 501 Å². The number of esters is 1. The Morgan fingerprint density at radius 1 is 0.432 bits per heavy atom. The summed E-state index contributed by atoms with van der Waals surface area (Å²) in [6, 6.07) is -0.913. The highest BCUT2D eigenvalue weighted by Gasteiger charge is 2.27. The number of nitrogens with one attached hydrogen (secondary N) is 1. The van der Waals surface area contributed by atoms with Crippen LogP contribution in [0, 0.1) is 0 Å². The van der Waals surface area contributed by atoms with Gasteiger partial charge in [-0.2, -0.15) is 0 Å². The first-order valence-corrected chi connectivity index (χ1v) is 35.4. The smallest absolute Gasteiger partial charge is 0.306 e. The van der Waals surface area contributed by atoms with Crippen LogP contribution >= 0.6 is 7.82 Å². The van der Waals surface area contributed by atoms with E-state index in [9.17, 15) is 19.0 Å². The molecule has 81 heavy (non-hydrogen) atoms. The number of hydrogen-bond donors (Lipinski definition) is 1. The summed E-state index contributed by atoms with van der Waals surface area (Å²) in [5.74, 6) is -0.602. The number of allylic oxidation sites excluding steroid dienone is 13. The molecule has 0 fully saturated rings. The Morgan fingerprint density at radius 3 is 1.17 bits per heavy atom. The second kappa shape index (κ2) is 60.3. The van der Waals surface area contributed by atoms with Gasteiger partial charge in [0.05, 0.1) is 33.8 Å². The third kappa shape index (κ3) is 61.6. The zero-order valence-corrected chi connectivity index (χ0v) is 54.6. The summed E-state index contributed by atoms with van der Waals surface area (Å²) in [5, 5.41) is 3.02. The number of ether oxygens (including phenoxy) is 1. The Morgan fingerprint density at radius 2 is 0.765 bits per heavy atom. The summed E-state index contributed by atoms with van der Waals surface area (Å²) >= 11 is 0. The van der Waals surface area contributed by atoms with Crippen LogP contribution < -0.4 is 10.2 Å². The van der Waals surface area contributed by atoms with Crippen molar-refractivity contribution in [2.45, 2.75) is 315 Å². The molecule has 0 aromatic carbocycles. The van der Waals surface area contributed by atoms with Crippen molar-refractivity contribution < 1.29 is 37.3 Å². The van der Waals surface area contributed by atoms with E-state index in [1.165, 1.54) is 193 Å². The highest BCUT2D eigenvalue weighted by Crippen LogP contribution is 2.38. The molecular formula is C71H129N2O7P. The first-order chi connectivity index (χ1) is 39.4. The van der Waals surface area contributed by atoms with Gasteiger partial charge >= 0.3 is 5.97 Å². The van der Waals surface area contributed by atoms with Crippen LogP contribution in [0.2, 0.25) is 0 Å². The second-order valence-corrected chi connectivity index (χ2v) is 25.4. The summed E-state index contributed by atoms with van der Waals surface area (Å²) in [4.78, 5) is 40.0. The third-order valence-electron chi connectivity index (χ3n) is 14.8. The summed E-state index contributed by atoms with van der Waals surface area (Å²) in [6.07, 6.45) is 80.0. The Balaban J connectivity index is 5.06. The van der Waals surface area contributed by atoms with Gasteiger partial charge in [-0.05, 0) is 102 Å². The lowest BCUT2D eigenvalue weighted by Gasteiger charge is -2.30. The summed E-state index contributed by atoms with van der Waals surface area (Å²) < 4.78 is 30.3. The number of likely N-dealkylation sites (N-methyl/N-ethyl adjacent to an activating group) is 1. The number of nitrogens with zero attached hydrogens (tertiary/aromatic N) is 1. The molecule has 0 spiro atoms. The minimum atomic E-state index is -4.71. The zero-order chi connectivity index (χ0) is 59.3. The molecule has 0 aliphatic rings. The van der Waals surface area contributed by atoms with E-state index >= 15 is 0 Å². The third-order valence-corrected chi connectivity index (χ3v) is 15.8. The number of hydrogen-bond acceptors (Lipinski definition) is 7. The molecule has 10 heteroatoms. The van der Waals surface area contributed by atoms with Gasteiger partial charge in [-0.3, -0.25) is 14.2 Å². The normalized spacial score (nSPS) is 14.1. The average molecular weight is 1150 g/mol. The molecule has 1 amide bonds. The van der Waals surface area contributed by atoms with E-state index in [-0.39, 0.29) is 18.9 Å². The fourth-order valence-corrected chi connectivity index (χ4v) is 10.3. The number of phosphoric acid groups is 1. The largest absolute Gasteiger partial charge is 0.756 e. The Kier molecular flexibility index (Phi) is 58.2. The molecule has 470 valence electrons. The van der Waals surface area contributed by atoms with Gasteiger partial charge in [-0.25, -0.2) is 0 Å². The molecule has 0 heterocycles. The Hall–Kier alpha value is -2.81. The molecule has 0 saturated heterocycles. The molecule has 0 aliphatic heterocycles. The van der Waals surface area contributed by atoms with E-state index in [0.717, 1.165) is 70.6 Å². The lowest BCUT2D eigenvalue weighted by molar-refractivity contribution is -0.870. The molecular weight excluding hydrogens is 1020 g/mol. The van der Waals surface area contributed by atoms with Crippen LogP contribution in [-0.2, 0) is 27.9 Å². The van der Waals surface area contributed by atoms with E-state index in [1.807, 2.05) is 33.3 Å². The molecule has 1 N–H and O–H groups in total. The molecule has 3 atom stereocenters. The highest BCUT2D eigenvalue weighted by atomic mass is 31.2. The Bertz CT molecular complexity index is 1660. The van der Waals surface area contributed by atoms with Gasteiger partial charge in [0.1, 0.15) is 19.3 Å². The highest BCUT2D eigenvalue weighted by molar-refractivity contribution is 7.45. The van der Waals surface area contributed by atoms with E-state index in [1.54, 1.807) is 0 Å². The van der Waals surface area contributed by atoms with Gasteiger partial charge in [0.25, 0.3) is 7.82 Å². The lowest BCUT2D eigenvalue weighted by Crippen LogP contribution is -2.47. The van der Waals surface area contributed by atoms with Crippen LogP contribution in [0.3, 0.4) is 0 Å². The van der Waals surface area contributed by atoms with Crippen molar-refractivity contribution in [3.05, 3.63) is 85.1 Å². The van der Waals surface area contributed by atoms with Crippen molar-refractivity contribution in [1.29, 1.82) is 0 Å². The van der Waals surface area contributed by atoms with Gasteiger partial charge in [0.15, 0.2) is 0 Å². The summed E-state index contributed by atoms with van der Waals surface area (Å²) in [6.45, 7) is 6.77. The zero-order valence-electron chi connectivity index (χ0n) is 53.7. The number of carbonyl (C=O) groups is 2. The number of quaternary nitrogens is 1. The fraction of sp³-hybridized carbons (Fsp3) is 0.775. The summed E-state index contributed by atoms with van der Waals surface area (Å²) in [7, 11) is 1.16.